The highest BCUT2D eigenvalue weighted by Gasteiger charge is 2.41. The fourth-order valence-corrected chi connectivity index (χ4v) is 9.37. The number of hydrogen-bond donors (Lipinski definition) is 0. The number of unbranched alkanes of at least 4 members (excludes halogenated alkanes) is 3. The van der Waals surface area contributed by atoms with E-state index in [0.29, 0.717) is 60.2 Å². The molecule has 3 nitrogen and oxygen atoms in total. The van der Waals surface area contributed by atoms with Gasteiger partial charge in [-0.3, -0.25) is 9.79 Å². The van der Waals surface area contributed by atoms with E-state index >= 15 is 0 Å². The minimum atomic E-state index is 0.210. The number of rotatable bonds is 16. The third kappa shape index (κ3) is 8.79. The highest BCUT2D eigenvalue weighted by Crippen LogP contribution is 2.48. The van der Waals surface area contributed by atoms with E-state index in [-0.39, 0.29) is 6.04 Å². The Kier molecular flexibility index (Phi) is 13.7. The van der Waals surface area contributed by atoms with Crippen molar-refractivity contribution in [3.63, 3.8) is 0 Å². The second-order valence-electron chi connectivity index (χ2n) is 15.6. The molecule has 8 unspecified atom stereocenters. The molecular formula is C45H65NO2. The van der Waals surface area contributed by atoms with Gasteiger partial charge in [0.1, 0.15) is 5.78 Å². The first-order valence-electron chi connectivity index (χ1n) is 19.8. The van der Waals surface area contributed by atoms with Crippen LogP contribution in [-0.2, 0) is 9.53 Å². The molecule has 5 aliphatic rings. The average molecular weight is 652 g/mol. The minimum absolute atomic E-state index is 0.210. The number of hydrogen-bond acceptors (Lipinski definition) is 3. The van der Waals surface area contributed by atoms with Crippen LogP contribution in [-0.4, -0.2) is 30.8 Å². The first-order chi connectivity index (χ1) is 23.3. The number of Topliss-reactive ketones (excluding diaryl/α,β-unsaturated/α-hetero) is 1. The highest BCUT2D eigenvalue weighted by atomic mass is 16.5. The normalized spacial score (nSPS) is 31.4. The van der Waals surface area contributed by atoms with Gasteiger partial charge in [-0.2, -0.15) is 0 Å². The Morgan fingerprint density at radius 2 is 1.67 bits per heavy atom. The van der Waals surface area contributed by atoms with Crippen molar-refractivity contribution >= 4 is 11.5 Å². The van der Waals surface area contributed by atoms with Crippen molar-refractivity contribution in [1.29, 1.82) is 0 Å². The molecule has 48 heavy (non-hydrogen) atoms. The van der Waals surface area contributed by atoms with Crippen LogP contribution >= 0.6 is 0 Å². The smallest absolute Gasteiger partial charge is 0.132 e. The standard InChI is InChI=1S/C45H65NO2/c1-7-9-10-18-38(47)19-13-14-28-48-29-27-43-31(3)30-37-24-23-36-25-26-41(32(4)33(5)44(36)45(37)46-43)39-21-15-22-40(34(39)6)42-20-12-11-17-35(42)16-8-2/h11-12,17,20,23-26,30-31,33,35-36,40,42,44-45H,7-10,13-16,18-19,21-22,27-29H2,1-6H3. The Bertz CT molecular complexity index is 1360. The summed E-state index contributed by atoms with van der Waals surface area (Å²) in [6, 6.07) is 0.210. The van der Waals surface area contributed by atoms with Crippen LogP contribution < -0.4 is 0 Å². The Morgan fingerprint density at radius 1 is 0.896 bits per heavy atom. The molecule has 0 saturated heterocycles. The Morgan fingerprint density at radius 3 is 2.46 bits per heavy atom. The second kappa shape index (κ2) is 17.9. The number of dihydropyridines is 1. The number of carbonyl (C=O) groups excluding carboxylic acids is 1. The summed E-state index contributed by atoms with van der Waals surface area (Å²) in [5, 5.41) is 0. The van der Waals surface area contributed by atoms with Crippen molar-refractivity contribution < 1.29 is 9.53 Å². The van der Waals surface area contributed by atoms with Crippen LogP contribution in [0.3, 0.4) is 0 Å². The maximum absolute atomic E-state index is 12.1. The van der Waals surface area contributed by atoms with Crippen LogP contribution in [0.15, 0.2) is 87.5 Å². The highest BCUT2D eigenvalue weighted by molar-refractivity contribution is 5.90. The molecule has 0 bridgehead atoms. The van der Waals surface area contributed by atoms with Crippen LogP contribution in [0.25, 0.3) is 0 Å². The maximum Gasteiger partial charge on any atom is 0.132 e. The summed E-state index contributed by atoms with van der Waals surface area (Å²) in [7, 11) is 0. The number of nitrogens with zero attached hydrogens (tertiary/aromatic N) is 1. The van der Waals surface area contributed by atoms with Gasteiger partial charge in [0, 0.05) is 49.3 Å². The van der Waals surface area contributed by atoms with Crippen LogP contribution in [0, 0.1) is 41.4 Å². The van der Waals surface area contributed by atoms with E-state index in [1.54, 1.807) is 16.7 Å². The van der Waals surface area contributed by atoms with E-state index in [4.69, 9.17) is 9.73 Å². The fraction of sp³-hybridized carbons (Fsp3) is 0.644. The summed E-state index contributed by atoms with van der Waals surface area (Å²) < 4.78 is 6.07. The quantitative estimate of drug-likeness (QED) is 0.156. The molecule has 262 valence electrons. The molecular weight excluding hydrogens is 587 g/mol. The van der Waals surface area contributed by atoms with E-state index in [1.165, 1.54) is 55.4 Å². The number of fused-ring (bicyclic) bond motifs is 3. The molecule has 1 aliphatic heterocycles. The zero-order chi connectivity index (χ0) is 34.0. The summed E-state index contributed by atoms with van der Waals surface area (Å²) in [5.74, 6) is 3.98. The van der Waals surface area contributed by atoms with Gasteiger partial charge in [-0.05, 0) is 99.2 Å². The summed E-state index contributed by atoms with van der Waals surface area (Å²) in [5.41, 5.74) is 9.03. The second-order valence-corrected chi connectivity index (χ2v) is 15.6. The number of ketones is 1. The zero-order valence-electron chi connectivity index (χ0n) is 31.2. The molecule has 0 aromatic heterocycles. The number of allylic oxidation sites excluding steroid dienone is 12. The topological polar surface area (TPSA) is 38.7 Å². The zero-order valence-corrected chi connectivity index (χ0v) is 31.2. The van der Waals surface area contributed by atoms with Crippen molar-refractivity contribution in [1.82, 2.24) is 0 Å². The molecule has 0 aromatic rings. The van der Waals surface area contributed by atoms with Crippen molar-refractivity contribution in [3.05, 3.63) is 82.5 Å². The molecule has 8 atom stereocenters. The lowest BCUT2D eigenvalue weighted by atomic mass is 9.67. The van der Waals surface area contributed by atoms with Crippen molar-refractivity contribution in [2.24, 2.45) is 46.4 Å². The summed E-state index contributed by atoms with van der Waals surface area (Å²) in [6.45, 7) is 15.6. The van der Waals surface area contributed by atoms with Gasteiger partial charge in [-0.25, -0.2) is 0 Å². The molecule has 0 saturated carbocycles. The summed E-state index contributed by atoms with van der Waals surface area (Å²) in [4.78, 5) is 17.6. The van der Waals surface area contributed by atoms with Gasteiger partial charge in [0.25, 0.3) is 0 Å². The van der Waals surface area contributed by atoms with Gasteiger partial charge in [0.15, 0.2) is 0 Å². The first kappa shape index (κ1) is 36.8. The van der Waals surface area contributed by atoms with Crippen LogP contribution in [0.5, 0.6) is 0 Å². The average Bonchev–Trinajstić information content (AvgIpc) is 3.21. The number of aliphatic imine (C=N–C) groups is 1. The lowest BCUT2D eigenvalue weighted by Crippen LogP contribution is -2.38. The predicted octanol–water partition coefficient (Wildman–Crippen LogP) is 11.7. The fourth-order valence-electron chi connectivity index (χ4n) is 9.37. The van der Waals surface area contributed by atoms with E-state index < -0.39 is 0 Å². The van der Waals surface area contributed by atoms with Gasteiger partial charge in [0.05, 0.1) is 12.6 Å². The van der Waals surface area contributed by atoms with E-state index in [9.17, 15) is 4.79 Å². The molecule has 0 N–H and O–H groups in total. The van der Waals surface area contributed by atoms with E-state index in [2.05, 4.69) is 96.2 Å². The largest absolute Gasteiger partial charge is 0.381 e. The number of carbonyl (C=O) groups is 1. The van der Waals surface area contributed by atoms with Crippen LogP contribution in [0.1, 0.15) is 125 Å². The molecule has 5 rings (SSSR count). The van der Waals surface area contributed by atoms with Gasteiger partial charge in [-0.1, -0.05) is 113 Å². The molecule has 0 aromatic carbocycles. The lowest BCUT2D eigenvalue weighted by molar-refractivity contribution is -0.119. The molecule has 3 heteroatoms. The van der Waals surface area contributed by atoms with Crippen molar-refractivity contribution in [2.45, 2.75) is 131 Å². The van der Waals surface area contributed by atoms with Crippen LogP contribution in [0.4, 0.5) is 0 Å². The molecule has 0 radical (unpaired) electrons. The Labute approximate surface area is 293 Å². The molecule has 0 spiro atoms. The van der Waals surface area contributed by atoms with Gasteiger partial charge < -0.3 is 4.74 Å². The third-order valence-corrected chi connectivity index (χ3v) is 12.3. The SMILES string of the molecule is CCCCCC(=O)CCCCOCCC1=NC2C(=CC1C)C=CC1C=CC(C3=C(C)C(C4C=CC=CC4CCC)CCC3)=C(C)C(C)C12. The Hall–Kier alpha value is -2.52. The molecule has 0 amide bonds. The summed E-state index contributed by atoms with van der Waals surface area (Å²) in [6.07, 6.45) is 35.8. The predicted molar refractivity (Wildman–Crippen MR) is 204 cm³/mol. The monoisotopic (exact) mass is 652 g/mol. The molecule has 0 fully saturated rings. The van der Waals surface area contributed by atoms with Gasteiger partial charge >= 0.3 is 0 Å². The lowest BCUT2D eigenvalue weighted by Gasteiger charge is -2.40. The Balaban J connectivity index is 1.25. The first-order valence-corrected chi connectivity index (χ1v) is 19.8. The molecule has 4 aliphatic carbocycles. The maximum atomic E-state index is 12.1. The minimum Gasteiger partial charge on any atom is -0.381 e. The van der Waals surface area contributed by atoms with Gasteiger partial charge in [-0.15, -0.1) is 0 Å². The summed E-state index contributed by atoms with van der Waals surface area (Å²) >= 11 is 0. The third-order valence-electron chi connectivity index (χ3n) is 12.3. The van der Waals surface area contributed by atoms with Gasteiger partial charge in [0.2, 0.25) is 0 Å². The van der Waals surface area contributed by atoms with E-state index in [1.807, 2.05) is 0 Å². The van der Waals surface area contributed by atoms with E-state index in [0.717, 1.165) is 45.1 Å². The molecule has 1 heterocycles. The number of ether oxygens (including phenoxy) is 1. The van der Waals surface area contributed by atoms with Crippen molar-refractivity contribution in [3.8, 4) is 0 Å². The van der Waals surface area contributed by atoms with Crippen LogP contribution in [0.2, 0.25) is 0 Å². The van der Waals surface area contributed by atoms with Crippen molar-refractivity contribution in [2.75, 3.05) is 13.2 Å².